The Morgan fingerprint density at radius 1 is 1.52 bits per heavy atom. The van der Waals surface area contributed by atoms with Crippen LogP contribution in [0.15, 0.2) is 12.1 Å². The van der Waals surface area contributed by atoms with Crippen LogP contribution in [0.5, 0.6) is 5.75 Å². The molecule has 0 saturated carbocycles. The molecule has 3 atom stereocenters. The quantitative estimate of drug-likeness (QED) is 0.597. The van der Waals surface area contributed by atoms with Gasteiger partial charge in [0.25, 0.3) is 6.47 Å². The highest BCUT2D eigenvalue weighted by molar-refractivity contribution is 6.32. The minimum absolute atomic E-state index is 0.0148. The van der Waals surface area contributed by atoms with E-state index in [1.165, 1.54) is 0 Å². The Balaban J connectivity index is 1.70. The number of aromatic hydroxyl groups is 1. The number of aryl methyl sites for hydroxylation is 1. The summed E-state index contributed by atoms with van der Waals surface area (Å²) < 4.78 is 5.30. The summed E-state index contributed by atoms with van der Waals surface area (Å²) in [5.74, 6) is 0.170. The predicted octanol–water partition coefficient (Wildman–Crippen LogP) is 1.02. The van der Waals surface area contributed by atoms with Crippen molar-refractivity contribution in [2.75, 3.05) is 33.2 Å². The van der Waals surface area contributed by atoms with E-state index in [0.29, 0.717) is 37.5 Å². The summed E-state index contributed by atoms with van der Waals surface area (Å²) in [7, 11) is 1.95. The number of likely N-dealkylation sites (tertiary alicyclic amines) is 1. The number of hydrogen-bond acceptors (Lipinski definition) is 6. The fourth-order valence-corrected chi connectivity index (χ4v) is 4.23. The van der Waals surface area contributed by atoms with Crippen LogP contribution in [0.2, 0.25) is 5.02 Å². The van der Waals surface area contributed by atoms with Crippen LogP contribution in [0, 0.1) is 12.8 Å². The number of carbonyl (C=O) groups is 2. The van der Waals surface area contributed by atoms with Gasteiger partial charge in [0.15, 0.2) is 0 Å². The number of hydrogen-bond donors (Lipinski definition) is 3. The normalized spacial score (nSPS) is 24.3. The highest BCUT2D eigenvalue weighted by Gasteiger charge is 2.39. The monoisotopic (exact) mass is 395 g/mol. The fraction of sp³-hybridized carbons (Fsp3) is 0.579. The molecule has 1 amide bonds. The SMILES string of the molecule is Cc1ccc(O)c(C2CC(C(CNC(=O)C3CNC3)OC=O)N(C)C2)c1Cl. The second-order valence-corrected chi connectivity index (χ2v) is 7.82. The summed E-state index contributed by atoms with van der Waals surface area (Å²) in [4.78, 5) is 25.2. The first-order chi connectivity index (χ1) is 12.9. The minimum Gasteiger partial charge on any atom is -0.508 e. The summed E-state index contributed by atoms with van der Waals surface area (Å²) >= 11 is 6.45. The van der Waals surface area contributed by atoms with Crippen LogP contribution in [0.3, 0.4) is 0 Å². The van der Waals surface area contributed by atoms with E-state index in [4.69, 9.17) is 16.3 Å². The van der Waals surface area contributed by atoms with Crippen LogP contribution in [-0.4, -0.2) is 67.8 Å². The predicted molar refractivity (Wildman–Crippen MR) is 102 cm³/mol. The number of phenolic OH excluding ortho intramolecular Hbond substituents is 1. The molecule has 3 N–H and O–H groups in total. The summed E-state index contributed by atoms with van der Waals surface area (Å²) in [6.07, 6.45) is 0.215. The Morgan fingerprint density at radius 2 is 2.26 bits per heavy atom. The lowest BCUT2D eigenvalue weighted by molar-refractivity contribution is -0.138. The van der Waals surface area contributed by atoms with E-state index in [0.717, 1.165) is 11.1 Å². The Hall–Kier alpha value is -1.83. The number of rotatable bonds is 7. The molecule has 0 spiro atoms. The third-order valence-electron chi connectivity index (χ3n) is 5.65. The molecule has 8 heteroatoms. The zero-order chi connectivity index (χ0) is 19.6. The van der Waals surface area contributed by atoms with Gasteiger partial charge < -0.3 is 20.5 Å². The van der Waals surface area contributed by atoms with Crippen molar-refractivity contribution in [2.45, 2.75) is 31.4 Å². The first-order valence-corrected chi connectivity index (χ1v) is 9.55. The van der Waals surface area contributed by atoms with Gasteiger partial charge in [-0.1, -0.05) is 17.7 Å². The summed E-state index contributed by atoms with van der Waals surface area (Å²) in [6.45, 7) is 4.65. The number of phenols is 1. The zero-order valence-electron chi connectivity index (χ0n) is 15.6. The second-order valence-electron chi connectivity index (χ2n) is 7.44. The van der Waals surface area contributed by atoms with E-state index in [1.54, 1.807) is 12.1 Å². The number of amides is 1. The maximum atomic E-state index is 12.1. The minimum atomic E-state index is -0.458. The molecule has 0 aliphatic carbocycles. The molecule has 7 nitrogen and oxygen atoms in total. The third-order valence-corrected chi connectivity index (χ3v) is 6.15. The van der Waals surface area contributed by atoms with Crippen molar-refractivity contribution in [3.8, 4) is 5.75 Å². The molecule has 2 saturated heterocycles. The number of carbonyl (C=O) groups excluding carboxylic acids is 2. The molecule has 2 heterocycles. The van der Waals surface area contributed by atoms with E-state index < -0.39 is 6.10 Å². The van der Waals surface area contributed by atoms with Gasteiger partial charge in [0.1, 0.15) is 11.9 Å². The maximum Gasteiger partial charge on any atom is 0.293 e. The lowest BCUT2D eigenvalue weighted by Gasteiger charge is -2.30. The fourth-order valence-electron chi connectivity index (χ4n) is 3.92. The van der Waals surface area contributed by atoms with Crippen LogP contribution in [0.1, 0.15) is 23.5 Å². The number of nitrogens with one attached hydrogen (secondary N) is 2. The standard InChI is InChI=1S/C19H26ClN3O4/c1-11-3-4-15(25)17(18(11)20)12-5-14(23(2)9-12)16(27-10-24)8-22-19(26)13-6-21-7-13/h3-4,10,12-14,16,21,25H,5-9H2,1-2H3,(H,22,26). The molecule has 1 aromatic rings. The van der Waals surface area contributed by atoms with E-state index in [-0.39, 0.29) is 36.1 Å². The second kappa shape index (κ2) is 8.46. The van der Waals surface area contributed by atoms with Crippen LogP contribution in [-0.2, 0) is 14.3 Å². The number of benzene rings is 1. The van der Waals surface area contributed by atoms with Gasteiger partial charge in [-0.25, -0.2) is 0 Å². The number of halogens is 1. The molecule has 27 heavy (non-hydrogen) atoms. The molecule has 0 radical (unpaired) electrons. The van der Waals surface area contributed by atoms with E-state index >= 15 is 0 Å². The Morgan fingerprint density at radius 3 is 2.89 bits per heavy atom. The van der Waals surface area contributed by atoms with E-state index in [2.05, 4.69) is 15.5 Å². The molecular formula is C19H26ClN3O4. The molecule has 0 bridgehead atoms. The van der Waals surface area contributed by atoms with Crippen LogP contribution in [0.4, 0.5) is 0 Å². The van der Waals surface area contributed by atoms with Crippen molar-refractivity contribution in [2.24, 2.45) is 5.92 Å². The van der Waals surface area contributed by atoms with Crippen molar-refractivity contribution in [1.29, 1.82) is 0 Å². The molecule has 3 rings (SSSR count). The molecule has 2 aliphatic heterocycles. The lowest BCUT2D eigenvalue weighted by Crippen LogP contribution is -2.53. The first kappa shape index (κ1) is 19.9. The summed E-state index contributed by atoms with van der Waals surface area (Å²) in [6, 6.07) is 3.38. The zero-order valence-corrected chi connectivity index (χ0v) is 16.3. The van der Waals surface area contributed by atoms with Gasteiger partial charge in [0, 0.05) is 37.2 Å². The Kier molecular flexibility index (Phi) is 6.24. The maximum absolute atomic E-state index is 12.1. The Labute approximate surface area is 164 Å². The average Bonchev–Trinajstić information content (AvgIpc) is 2.95. The van der Waals surface area contributed by atoms with Crippen molar-refractivity contribution in [1.82, 2.24) is 15.5 Å². The average molecular weight is 396 g/mol. The first-order valence-electron chi connectivity index (χ1n) is 9.18. The largest absolute Gasteiger partial charge is 0.508 e. The third kappa shape index (κ3) is 4.20. The van der Waals surface area contributed by atoms with Gasteiger partial charge in [-0.05, 0) is 32.0 Å². The van der Waals surface area contributed by atoms with Crippen molar-refractivity contribution in [3.63, 3.8) is 0 Å². The number of likely N-dealkylation sites (N-methyl/N-ethyl adjacent to an activating group) is 1. The topological polar surface area (TPSA) is 90.9 Å². The highest BCUT2D eigenvalue weighted by atomic mass is 35.5. The molecule has 148 valence electrons. The van der Waals surface area contributed by atoms with Gasteiger partial charge in [0.05, 0.1) is 17.5 Å². The van der Waals surface area contributed by atoms with E-state index in [9.17, 15) is 14.7 Å². The van der Waals surface area contributed by atoms with Gasteiger partial charge in [-0.15, -0.1) is 0 Å². The molecule has 1 aromatic carbocycles. The number of nitrogens with zero attached hydrogens (tertiary/aromatic N) is 1. The number of ether oxygens (including phenoxy) is 1. The van der Waals surface area contributed by atoms with Crippen LogP contribution < -0.4 is 10.6 Å². The molecule has 2 aliphatic rings. The summed E-state index contributed by atoms with van der Waals surface area (Å²) in [5.41, 5.74) is 1.65. The molecule has 0 aromatic heterocycles. The molecule has 2 fully saturated rings. The van der Waals surface area contributed by atoms with Gasteiger partial charge in [-0.2, -0.15) is 0 Å². The van der Waals surface area contributed by atoms with Crippen LogP contribution >= 0.6 is 11.6 Å². The van der Waals surface area contributed by atoms with Gasteiger partial charge >= 0.3 is 0 Å². The van der Waals surface area contributed by atoms with Gasteiger partial charge in [0.2, 0.25) is 5.91 Å². The Bertz CT molecular complexity index is 710. The lowest BCUT2D eigenvalue weighted by atomic mass is 9.92. The molecular weight excluding hydrogens is 370 g/mol. The smallest absolute Gasteiger partial charge is 0.293 e. The van der Waals surface area contributed by atoms with Crippen molar-refractivity contribution in [3.05, 3.63) is 28.3 Å². The van der Waals surface area contributed by atoms with Crippen LogP contribution in [0.25, 0.3) is 0 Å². The molecule has 3 unspecified atom stereocenters. The summed E-state index contributed by atoms with van der Waals surface area (Å²) in [5, 5.41) is 16.8. The van der Waals surface area contributed by atoms with Crippen molar-refractivity contribution < 1.29 is 19.4 Å². The van der Waals surface area contributed by atoms with Gasteiger partial charge in [-0.3, -0.25) is 14.5 Å². The van der Waals surface area contributed by atoms with E-state index in [1.807, 2.05) is 14.0 Å². The van der Waals surface area contributed by atoms with Crippen molar-refractivity contribution >= 4 is 24.0 Å². The highest BCUT2D eigenvalue weighted by Crippen LogP contribution is 2.41.